The van der Waals surface area contributed by atoms with Crippen molar-refractivity contribution in [1.29, 1.82) is 0 Å². The molecule has 0 radical (unpaired) electrons. The number of rotatable bonds is 4. The number of benzene rings is 1. The molecule has 1 aromatic carbocycles. The summed E-state index contributed by atoms with van der Waals surface area (Å²) in [6.07, 6.45) is 6.35. The van der Waals surface area contributed by atoms with E-state index in [-0.39, 0.29) is 5.91 Å². The Morgan fingerprint density at radius 3 is 2.48 bits per heavy atom. The number of hydrogen-bond acceptors (Lipinski definition) is 4. The van der Waals surface area contributed by atoms with Gasteiger partial charge in [0.05, 0.1) is 5.69 Å². The Hall–Kier alpha value is -2.66. The van der Waals surface area contributed by atoms with E-state index in [0.717, 1.165) is 55.0 Å². The first-order chi connectivity index (χ1) is 13.9. The van der Waals surface area contributed by atoms with E-state index >= 15 is 0 Å². The van der Waals surface area contributed by atoms with Gasteiger partial charge >= 0.3 is 0 Å². The average Bonchev–Trinajstić information content (AvgIpc) is 3.05. The Labute approximate surface area is 173 Å². The van der Waals surface area contributed by atoms with Gasteiger partial charge in [0.25, 0.3) is 5.91 Å². The molecular weight excluding hydrogens is 360 g/mol. The van der Waals surface area contributed by atoms with E-state index in [9.17, 15) is 4.79 Å². The number of anilines is 1. The highest BCUT2D eigenvalue weighted by Crippen LogP contribution is 2.38. The van der Waals surface area contributed by atoms with E-state index in [1.165, 1.54) is 11.1 Å². The molecule has 29 heavy (non-hydrogen) atoms. The number of fused-ring (bicyclic) bond motifs is 1. The highest BCUT2D eigenvalue weighted by Gasteiger charge is 2.27. The highest BCUT2D eigenvalue weighted by molar-refractivity contribution is 5.93. The number of likely N-dealkylation sites (tertiary alicyclic amines) is 1. The van der Waals surface area contributed by atoms with Gasteiger partial charge in [0.15, 0.2) is 0 Å². The van der Waals surface area contributed by atoms with E-state index in [0.29, 0.717) is 11.8 Å². The van der Waals surface area contributed by atoms with Crippen molar-refractivity contribution in [1.82, 2.24) is 14.8 Å². The van der Waals surface area contributed by atoms with Crippen molar-refractivity contribution in [3.8, 4) is 0 Å². The maximum atomic E-state index is 12.1. The van der Waals surface area contributed by atoms with Crippen molar-refractivity contribution in [2.75, 3.05) is 39.5 Å². The Kier molecular flexibility index (Phi) is 5.41. The first-order valence-electron chi connectivity index (χ1n) is 10.4. The van der Waals surface area contributed by atoms with Crippen molar-refractivity contribution in [3.05, 3.63) is 64.5 Å². The maximum Gasteiger partial charge on any atom is 0.253 e. The Morgan fingerprint density at radius 2 is 1.86 bits per heavy atom. The van der Waals surface area contributed by atoms with Gasteiger partial charge in [0, 0.05) is 49.6 Å². The Bertz CT molecular complexity index is 924. The van der Waals surface area contributed by atoms with Crippen molar-refractivity contribution in [2.45, 2.75) is 31.6 Å². The number of piperidine rings is 1. The molecule has 0 spiro atoms. The number of carbonyl (C=O) groups excluding carboxylic acids is 1. The number of amides is 1. The molecule has 2 aromatic rings. The molecule has 1 amide bonds. The van der Waals surface area contributed by atoms with Crippen LogP contribution in [0.3, 0.4) is 0 Å². The van der Waals surface area contributed by atoms with Crippen LogP contribution in [0.2, 0.25) is 0 Å². The number of nitrogens with two attached hydrogens (primary N) is 1. The molecule has 1 fully saturated rings. The number of pyridine rings is 1. The normalized spacial score (nSPS) is 19.7. The minimum absolute atomic E-state index is 0.0569. The number of aromatic nitrogens is 1. The standard InChI is InChI=1S/C24H30N4O/c1-16-20(14-21-22(25)8-11-26-23(16)21)15-28-12-9-18(10-13-28)17-4-6-19(7-5-17)24(29)27(2)3/h4-8,11,14,16,18H,9-10,12-13,15H2,1-3H3,(H2,25,26). The second-order valence-corrected chi connectivity index (χ2v) is 8.51. The van der Waals surface area contributed by atoms with Gasteiger partial charge in [-0.25, -0.2) is 0 Å². The zero-order valence-corrected chi connectivity index (χ0v) is 17.6. The molecule has 2 N–H and O–H groups in total. The van der Waals surface area contributed by atoms with Gasteiger partial charge in [-0.2, -0.15) is 0 Å². The lowest BCUT2D eigenvalue weighted by Gasteiger charge is -2.33. The van der Waals surface area contributed by atoms with Gasteiger partial charge in [-0.3, -0.25) is 14.7 Å². The zero-order chi connectivity index (χ0) is 20.5. The molecule has 2 aliphatic rings. The third-order valence-electron chi connectivity index (χ3n) is 6.38. The summed E-state index contributed by atoms with van der Waals surface area (Å²) in [7, 11) is 3.57. The van der Waals surface area contributed by atoms with E-state index in [1.54, 1.807) is 19.0 Å². The van der Waals surface area contributed by atoms with Crippen LogP contribution >= 0.6 is 0 Å². The predicted molar refractivity (Wildman–Crippen MR) is 118 cm³/mol. The van der Waals surface area contributed by atoms with Crippen molar-refractivity contribution < 1.29 is 4.79 Å². The Morgan fingerprint density at radius 1 is 1.17 bits per heavy atom. The van der Waals surface area contributed by atoms with E-state index in [4.69, 9.17) is 5.73 Å². The first kappa shape index (κ1) is 19.6. The lowest BCUT2D eigenvalue weighted by atomic mass is 9.88. The average molecular weight is 391 g/mol. The van der Waals surface area contributed by atoms with Crippen LogP contribution in [-0.4, -0.2) is 54.4 Å². The SMILES string of the molecule is CC1C(CN2CCC(c3ccc(C(=O)N(C)C)cc3)CC2)=Cc2c(N)ccnc21. The van der Waals surface area contributed by atoms with Gasteiger partial charge in [0.2, 0.25) is 0 Å². The first-order valence-corrected chi connectivity index (χ1v) is 10.4. The fourth-order valence-corrected chi connectivity index (χ4v) is 4.51. The second-order valence-electron chi connectivity index (χ2n) is 8.51. The third-order valence-corrected chi connectivity index (χ3v) is 6.38. The Balaban J connectivity index is 1.35. The van der Waals surface area contributed by atoms with Crippen LogP contribution in [0.5, 0.6) is 0 Å². The van der Waals surface area contributed by atoms with Crippen LogP contribution in [0.15, 0.2) is 42.1 Å². The lowest BCUT2D eigenvalue weighted by molar-refractivity contribution is 0.0827. The third kappa shape index (κ3) is 3.92. The van der Waals surface area contributed by atoms with E-state index < -0.39 is 0 Å². The molecule has 0 bridgehead atoms. The molecule has 1 aliphatic carbocycles. The largest absolute Gasteiger partial charge is 0.398 e. The van der Waals surface area contributed by atoms with Gasteiger partial charge in [-0.05, 0) is 67.3 Å². The molecule has 5 nitrogen and oxygen atoms in total. The molecule has 2 heterocycles. The molecule has 1 aliphatic heterocycles. The quantitative estimate of drug-likeness (QED) is 0.864. The van der Waals surface area contributed by atoms with Crippen molar-refractivity contribution in [3.63, 3.8) is 0 Å². The number of carbonyl (C=O) groups is 1. The summed E-state index contributed by atoms with van der Waals surface area (Å²) in [6, 6.07) is 10.1. The number of hydrogen-bond donors (Lipinski definition) is 1. The molecule has 1 saturated heterocycles. The van der Waals surface area contributed by atoms with Crippen LogP contribution in [0.25, 0.3) is 6.08 Å². The van der Waals surface area contributed by atoms with Gasteiger partial charge in [-0.15, -0.1) is 0 Å². The predicted octanol–water partition coefficient (Wildman–Crippen LogP) is 3.75. The molecule has 152 valence electrons. The molecule has 0 saturated carbocycles. The summed E-state index contributed by atoms with van der Waals surface area (Å²) in [5.74, 6) is 0.966. The monoisotopic (exact) mass is 390 g/mol. The van der Waals surface area contributed by atoms with Crippen LogP contribution < -0.4 is 5.73 Å². The minimum atomic E-state index is 0.0569. The second kappa shape index (κ2) is 7.99. The fourth-order valence-electron chi connectivity index (χ4n) is 4.51. The fraction of sp³-hybridized carbons (Fsp3) is 0.417. The summed E-state index contributed by atoms with van der Waals surface area (Å²) >= 11 is 0. The van der Waals surface area contributed by atoms with Gasteiger partial charge in [0.1, 0.15) is 0 Å². The number of nitrogens with zero attached hydrogens (tertiary/aromatic N) is 3. The van der Waals surface area contributed by atoms with Crippen LogP contribution in [0.1, 0.15) is 58.8 Å². The van der Waals surface area contributed by atoms with Crippen LogP contribution in [0, 0.1) is 0 Å². The summed E-state index contributed by atoms with van der Waals surface area (Å²) in [5, 5.41) is 0. The maximum absolute atomic E-state index is 12.1. The lowest BCUT2D eigenvalue weighted by Crippen LogP contribution is -2.34. The van der Waals surface area contributed by atoms with Crippen LogP contribution in [-0.2, 0) is 0 Å². The van der Waals surface area contributed by atoms with E-state index in [1.807, 2.05) is 24.4 Å². The highest BCUT2D eigenvalue weighted by atomic mass is 16.2. The topological polar surface area (TPSA) is 62.5 Å². The van der Waals surface area contributed by atoms with Crippen molar-refractivity contribution in [2.24, 2.45) is 0 Å². The molecule has 4 rings (SSSR count). The smallest absolute Gasteiger partial charge is 0.253 e. The molecule has 1 atom stereocenters. The summed E-state index contributed by atoms with van der Waals surface area (Å²) in [5.41, 5.74) is 12.7. The van der Waals surface area contributed by atoms with E-state index in [2.05, 4.69) is 35.0 Å². The minimum Gasteiger partial charge on any atom is -0.398 e. The molecular formula is C24H30N4O. The van der Waals surface area contributed by atoms with Crippen molar-refractivity contribution >= 4 is 17.7 Å². The molecule has 1 aromatic heterocycles. The van der Waals surface area contributed by atoms with Gasteiger partial charge < -0.3 is 10.6 Å². The number of nitrogen functional groups attached to an aromatic ring is 1. The molecule has 1 unspecified atom stereocenters. The zero-order valence-electron chi connectivity index (χ0n) is 17.6. The molecule has 5 heteroatoms. The summed E-state index contributed by atoms with van der Waals surface area (Å²) in [6.45, 7) is 5.39. The summed E-state index contributed by atoms with van der Waals surface area (Å²) in [4.78, 5) is 20.8. The van der Waals surface area contributed by atoms with Crippen LogP contribution in [0.4, 0.5) is 5.69 Å². The summed E-state index contributed by atoms with van der Waals surface area (Å²) < 4.78 is 0. The van der Waals surface area contributed by atoms with Gasteiger partial charge in [-0.1, -0.05) is 19.1 Å².